The van der Waals surface area contributed by atoms with E-state index in [4.69, 9.17) is 5.73 Å². The molecule has 1 saturated carbocycles. The Bertz CT molecular complexity index is 304. The standard InChI is InChI=1S/C9H13N3/c10-9-5-1-2-6(9)7-4-11-12-8(7)3-5/h4-6,9H,1-3,10H2,(H,11,12)/t5-,6-,9+/m0/s1. The second-order valence-corrected chi connectivity index (χ2v) is 4.03. The Balaban J connectivity index is 2.12. The van der Waals surface area contributed by atoms with Gasteiger partial charge >= 0.3 is 0 Å². The van der Waals surface area contributed by atoms with E-state index in [9.17, 15) is 0 Å². The maximum absolute atomic E-state index is 6.12. The Labute approximate surface area is 71.3 Å². The molecule has 64 valence electrons. The van der Waals surface area contributed by atoms with Crippen LogP contribution in [0.1, 0.15) is 30.0 Å². The van der Waals surface area contributed by atoms with Crippen LogP contribution in [0.5, 0.6) is 0 Å². The smallest absolute Gasteiger partial charge is 0.0525 e. The molecule has 1 aromatic rings. The minimum Gasteiger partial charge on any atom is -0.327 e. The minimum atomic E-state index is 0.398. The fraction of sp³-hybridized carbons (Fsp3) is 0.667. The van der Waals surface area contributed by atoms with Gasteiger partial charge in [-0.1, -0.05) is 0 Å². The highest BCUT2D eigenvalue weighted by Crippen LogP contribution is 2.44. The number of hydrogen-bond acceptors (Lipinski definition) is 2. The molecular formula is C9H13N3. The van der Waals surface area contributed by atoms with Crippen LogP contribution >= 0.6 is 0 Å². The van der Waals surface area contributed by atoms with Crippen molar-refractivity contribution in [3.8, 4) is 0 Å². The van der Waals surface area contributed by atoms with Gasteiger partial charge in [0.2, 0.25) is 0 Å². The first-order chi connectivity index (χ1) is 5.86. The molecule has 0 amide bonds. The van der Waals surface area contributed by atoms with Gasteiger partial charge in [0.1, 0.15) is 0 Å². The van der Waals surface area contributed by atoms with Gasteiger partial charge < -0.3 is 5.73 Å². The van der Waals surface area contributed by atoms with Gasteiger partial charge in [0.05, 0.1) is 6.20 Å². The van der Waals surface area contributed by atoms with Crippen LogP contribution in [-0.2, 0) is 6.42 Å². The molecular weight excluding hydrogens is 150 g/mol. The summed E-state index contributed by atoms with van der Waals surface area (Å²) in [6, 6.07) is 0.398. The Hall–Kier alpha value is -0.830. The van der Waals surface area contributed by atoms with E-state index in [0.717, 1.165) is 6.42 Å². The Morgan fingerprint density at radius 1 is 1.50 bits per heavy atom. The second kappa shape index (κ2) is 2.10. The molecule has 3 nitrogen and oxygen atoms in total. The first kappa shape index (κ1) is 6.66. The van der Waals surface area contributed by atoms with Crippen LogP contribution in [-0.4, -0.2) is 16.2 Å². The molecule has 2 bridgehead atoms. The van der Waals surface area contributed by atoms with Crippen LogP contribution in [0.2, 0.25) is 0 Å². The van der Waals surface area contributed by atoms with Crippen LogP contribution in [0, 0.1) is 5.92 Å². The highest BCUT2D eigenvalue weighted by atomic mass is 15.1. The number of rotatable bonds is 0. The summed E-state index contributed by atoms with van der Waals surface area (Å²) < 4.78 is 0. The topological polar surface area (TPSA) is 54.7 Å². The third kappa shape index (κ3) is 0.672. The normalized spacial score (nSPS) is 38.2. The summed E-state index contributed by atoms with van der Waals surface area (Å²) in [5.41, 5.74) is 8.84. The molecule has 2 aliphatic carbocycles. The lowest BCUT2D eigenvalue weighted by atomic mass is 9.83. The molecule has 0 aromatic carbocycles. The SMILES string of the molecule is N[C@@H]1[C@H]2CC[C@H]1c1cn[nH]c1C2. The van der Waals surface area contributed by atoms with Crippen LogP contribution in [0.3, 0.4) is 0 Å². The average Bonchev–Trinajstić information content (AvgIpc) is 2.59. The molecule has 3 N–H and O–H groups in total. The van der Waals surface area contributed by atoms with Gasteiger partial charge in [0, 0.05) is 17.7 Å². The molecule has 1 heterocycles. The summed E-state index contributed by atoms with van der Waals surface area (Å²) in [7, 11) is 0. The zero-order valence-corrected chi connectivity index (χ0v) is 6.96. The van der Waals surface area contributed by atoms with Crippen molar-refractivity contribution in [2.45, 2.75) is 31.2 Å². The highest BCUT2D eigenvalue weighted by Gasteiger charge is 2.40. The molecule has 0 radical (unpaired) electrons. The number of fused-ring (bicyclic) bond motifs is 4. The van der Waals surface area contributed by atoms with Crippen LogP contribution < -0.4 is 5.73 Å². The lowest BCUT2D eigenvalue weighted by Crippen LogP contribution is -2.34. The predicted octanol–water partition coefficient (Wildman–Crippen LogP) is 0.787. The maximum Gasteiger partial charge on any atom is 0.0525 e. The number of hydrogen-bond donors (Lipinski definition) is 2. The van der Waals surface area contributed by atoms with Gasteiger partial charge in [0.25, 0.3) is 0 Å². The van der Waals surface area contributed by atoms with E-state index in [-0.39, 0.29) is 0 Å². The summed E-state index contributed by atoms with van der Waals surface area (Å²) in [5, 5.41) is 7.15. The summed E-state index contributed by atoms with van der Waals surface area (Å²) in [6.45, 7) is 0. The summed E-state index contributed by atoms with van der Waals surface area (Å²) in [5.74, 6) is 1.31. The van der Waals surface area contributed by atoms with Crippen LogP contribution in [0.25, 0.3) is 0 Å². The fourth-order valence-corrected chi connectivity index (χ4v) is 2.78. The number of aromatic nitrogens is 2. The van der Waals surface area contributed by atoms with Gasteiger partial charge in [-0.3, -0.25) is 5.10 Å². The van der Waals surface area contributed by atoms with Gasteiger partial charge in [0.15, 0.2) is 0 Å². The molecule has 3 heteroatoms. The summed E-state index contributed by atoms with van der Waals surface area (Å²) >= 11 is 0. The Morgan fingerprint density at radius 2 is 2.42 bits per heavy atom. The van der Waals surface area contributed by atoms with Crippen molar-refractivity contribution in [3.05, 3.63) is 17.5 Å². The predicted molar refractivity (Wildman–Crippen MR) is 45.7 cm³/mol. The molecule has 3 rings (SSSR count). The van der Waals surface area contributed by atoms with Gasteiger partial charge in [-0.15, -0.1) is 0 Å². The van der Waals surface area contributed by atoms with E-state index in [1.165, 1.54) is 24.1 Å². The van der Waals surface area contributed by atoms with E-state index in [1.807, 2.05) is 6.20 Å². The van der Waals surface area contributed by atoms with Gasteiger partial charge in [-0.2, -0.15) is 5.10 Å². The largest absolute Gasteiger partial charge is 0.327 e. The fourth-order valence-electron chi connectivity index (χ4n) is 2.78. The third-order valence-corrected chi connectivity index (χ3v) is 3.47. The molecule has 2 aliphatic rings. The van der Waals surface area contributed by atoms with Crippen molar-refractivity contribution in [2.24, 2.45) is 11.7 Å². The zero-order chi connectivity index (χ0) is 8.13. The van der Waals surface area contributed by atoms with E-state index in [1.54, 1.807) is 0 Å². The first-order valence-electron chi connectivity index (χ1n) is 4.64. The van der Waals surface area contributed by atoms with Crippen molar-refractivity contribution >= 4 is 0 Å². The Morgan fingerprint density at radius 3 is 3.33 bits per heavy atom. The Kier molecular flexibility index (Phi) is 1.17. The maximum atomic E-state index is 6.12. The number of nitrogens with two attached hydrogens (primary N) is 1. The zero-order valence-electron chi connectivity index (χ0n) is 6.96. The first-order valence-corrected chi connectivity index (χ1v) is 4.64. The molecule has 0 saturated heterocycles. The summed E-state index contributed by atoms with van der Waals surface area (Å²) in [4.78, 5) is 0. The molecule has 0 aliphatic heterocycles. The number of nitrogens with one attached hydrogen (secondary N) is 1. The second-order valence-electron chi connectivity index (χ2n) is 4.03. The van der Waals surface area contributed by atoms with E-state index < -0.39 is 0 Å². The minimum absolute atomic E-state index is 0.398. The molecule has 1 aromatic heterocycles. The van der Waals surface area contributed by atoms with Crippen molar-refractivity contribution in [1.82, 2.24) is 10.2 Å². The van der Waals surface area contributed by atoms with Gasteiger partial charge in [-0.25, -0.2) is 0 Å². The number of H-pyrrole nitrogens is 1. The molecule has 0 unspecified atom stereocenters. The van der Waals surface area contributed by atoms with E-state index >= 15 is 0 Å². The number of aromatic amines is 1. The van der Waals surface area contributed by atoms with Crippen LogP contribution in [0.4, 0.5) is 0 Å². The lowest BCUT2D eigenvalue weighted by Gasteiger charge is -2.25. The van der Waals surface area contributed by atoms with Crippen molar-refractivity contribution < 1.29 is 0 Å². The van der Waals surface area contributed by atoms with Gasteiger partial charge in [-0.05, 0) is 30.7 Å². The highest BCUT2D eigenvalue weighted by molar-refractivity contribution is 5.30. The quantitative estimate of drug-likeness (QED) is 0.594. The summed E-state index contributed by atoms with van der Waals surface area (Å²) in [6.07, 6.45) is 5.64. The molecule has 12 heavy (non-hydrogen) atoms. The van der Waals surface area contributed by atoms with E-state index in [0.29, 0.717) is 17.9 Å². The number of nitrogens with zero attached hydrogens (tertiary/aromatic N) is 1. The van der Waals surface area contributed by atoms with Crippen molar-refractivity contribution in [1.29, 1.82) is 0 Å². The van der Waals surface area contributed by atoms with Crippen molar-refractivity contribution in [2.75, 3.05) is 0 Å². The monoisotopic (exact) mass is 163 g/mol. The molecule has 0 spiro atoms. The molecule has 3 atom stereocenters. The van der Waals surface area contributed by atoms with E-state index in [2.05, 4.69) is 10.2 Å². The van der Waals surface area contributed by atoms with Crippen LogP contribution in [0.15, 0.2) is 6.20 Å². The van der Waals surface area contributed by atoms with Crippen molar-refractivity contribution in [3.63, 3.8) is 0 Å². The average molecular weight is 163 g/mol. The third-order valence-electron chi connectivity index (χ3n) is 3.47. The lowest BCUT2D eigenvalue weighted by molar-refractivity contribution is 0.430. The molecule has 1 fully saturated rings.